The average molecular weight is 367 g/mol. The Kier molecular flexibility index (Phi) is 6.66. The van der Waals surface area contributed by atoms with Gasteiger partial charge in [0.1, 0.15) is 5.82 Å². The van der Waals surface area contributed by atoms with Gasteiger partial charge in [-0.15, -0.1) is 0 Å². The number of rotatable bonds is 8. The van der Waals surface area contributed by atoms with Crippen molar-refractivity contribution < 1.29 is 22.3 Å². The highest BCUT2D eigenvalue weighted by molar-refractivity contribution is 7.89. The van der Waals surface area contributed by atoms with E-state index < -0.39 is 16.3 Å². The fourth-order valence-electron chi connectivity index (χ4n) is 2.31. The largest absolute Gasteiger partial charge is 0.354 e. The fourth-order valence-corrected chi connectivity index (χ4v) is 3.73. The van der Waals surface area contributed by atoms with E-state index in [1.165, 1.54) is 30.7 Å². The van der Waals surface area contributed by atoms with E-state index in [1.807, 2.05) is 6.92 Å². The van der Waals surface area contributed by atoms with Gasteiger partial charge in [-0.2, -0.15) is 4.31 Å². The van der Waals surface area contributed by atoms with Gasteiger partial charge in [0.25, 0.3) is 0 Å². The number of sulfonamides is 1. The molecule has 2 aromatic carbocycles. The minimum atomic E-state index is -3.76. The monoisotopic (exact) mass is 367 g/mol. The zero-order valence-corrected chi connectivity index (χ0v) is 15.3. The van der Waals surface area contributed by atoms with Crippen LogP contribution in [0.3, 0.4) is 0 Å². The first-order chi connectivity index (χ1) is 11.9. The minimum Gasteiger partial charge on any atom is -0.354 e. The van der Waals surface area contributed by atoms with Gasteiger partial charge in [-0.05, 0) is 36.8 Å². The summed E-state index contributed by atoms with van der Waals surface area (Å²) in [5.74, 6) is -0.372. The first-order valence-electron chi connectivity index (χ1n) is 7.73. The maximum absolute atomic E-state index is 13.1. The summed E-state index contributed by atoms with van der Waals surface area (Å²) < 4.78 is 50.7. The number of aryl methyl sites for hydroxylation is 1. The summed E-state index contributed by atoms with van der Waals surface area (Å²) in [6.45, 7) is 1.98. The normalized spacial score (nSPS) is 12.1. The van der Waals surface area contributed by atoms with Gasteiger partial charge in [0.15, 0.2) is 6.29 Å². The van der Waals surface area contributed by atoms with Gasteiger partial charge in [0.2, 0.25) is 10.0 Å². The van der Waals surface area contributed by atoms with Crippen LogP contribution in [0.4, 0.5) is 4.39 Å². The number of halogens is 1. The highest BCUT2D eigenvalue weighted by Gasteiger charge is 2.27. The van der Waals surface area contributed by atoms with Crippen molar-refractivity contribution in [3.8, 4) is 0 Å². The van der Waals surface area contributed by atoms with E-state index in [9.17, 15) is 12.8 Å². The summed E-state index contributed by atoms with van der Waals surface area (Å²) in [5.41, 5.74) is 1.64. The van der Waals surface area contributed by atoms with Crippen molar-refractivity contribution in [2.45, 2.75) is 24.7 Å². The quantitative estimate of drug-likeness (QED) is 0.673. The van der Waals surface area contributed by atoms with Crippen LogP contribution in [0, 0.1) is 12.7 Å². The molecule has 136 valence electrons. The van der Waals surface area contributed by atoms with Crippen molar-refractivity contribution in [1.29, 1.82) is 0 Å². The van der Waals surface area contributed by atoms with Crippen LogP contribution in [-0.2, 0) is 26.0 Å². The van der Waals surface area contributed by atoms with Crippen molar-refractivity contribution in [3.63, 3.8) is 0 Å². The first kappa shape index (κ1) is 19.5. The van der Waals surface area contributed by atoms with Crippen molar-refractivity contribution in [3.05, 3.63) is 65.5 Å². The predicted octanol–water partition coefficient (Wildman–Crippen LogP) is 2.94. The number of ether oxygens (including phenoxy) is 2. The first-order valence-corrected chi connectivity index (χ1v) is 9.17. The molecule has 25 heavy (non-hydrogen) atoms. The zero-order valence-electron chi connectivity index (χ0n) is 14.5. The molecule has 0 fully saturated rings. The van der Waals surface area contributed by atoms with Crippen LogP contribution in [0.1, 0.15) is 11.1 Å². The van der Waals surface area contributed by atoms with Crippen molar-refractivity contribution >= 4 is 10.0 Å². The second kappa shape index (κ2) is 8.53. The van der Waals surface area contributed by atoms with E-state index in [1.54, 1.807) is 36.4 Å². The maximum atomic E-state index is 13.1. The summed E-state index contributed by atoms with van der Waals surface area (Å²) in [4.78, 5) is 0.186. The lowest BCUT2D eigenvalue weighted by molar-refractivity contribution is -0.108. The Morgan fingerprint density at radius 2 is 1.56 bits per heavy atom. The van der Waals surface area contributed by atoms with Gasteiger partial charge in [-0.3, -0.25) is 0 Å². The third kappa shape index (κ3) is 5.09. The molecule has 7 heteroatoms. The van der Waals surface area contributed by atoms with Gasteiger partial charge in [-0.25, -0.2) is 12.8 Å². The highest BCUT2D eigenvalue weighted by atomic mass is 32.2. The maximum Gasteiger partial charge on any atom is 0.243 e. The Morgan fingerprint density at radius 1 is 1.00 bits per heavy atom. The Morgan fingerprint density at radius 3 is 2.08 bits per heavy atom. The summed E-state index contributed by atoms with van der Waals surface area (Å²) in [5, 5.41) is 0. The third-order valence-electron chi connectivity index (χ3n) is 3.81. The van der Waals surface area contributed by atoms with E-state index in [0.717, 1.165) is 5.56 Å². The standard InChI is InChI=1S/C18H22FNO4S/c1-14-4-10-17(11-5-14)25(21,22)20(13-18(23-2)24-3)12-15-6-8-16(19)9-7-15/h4-11,18H,12-13H2,1-3H3. The molecule has 0 aliphatic carbocycles. The summed E-state index contributed by atoms with van der Waals surface area (Å²) in [6, 6.07) is 12.3. The fraction of sp³-hybridized carbons (Fsp3) is 0.333. The summed E-state index contributed by atoms with van der Waals surface area (Å²) in [7, 11) is -0.867. The minimum absolute atomic E-state index is 0.0145. The molecule has 5 nitrogen and oxygen atoms in total. The summed E-state index contributed by atoms with van der Waals surface area (Å²) in [6.07, 6.45) is -0.708. The van der Waals surface area contributed by atoms with Gasteiger partial charge in [0.05, 0.1) is 11.4 Å². The molecule has 0 N–H and O–H groups in total. The van der Waals surface area contributed by atoms with Crippen LogP contribution < -0.4 is 0 Å². The molecule has 0 heterocycles. The molecule has 0 radical (unpaired) electrons. The molecule has 2 aromatic rings. The topological polar surface area (TPSA) is 55.8 Å². The molecule has 0 bridgehead atoms. The molecule has 0 amide bonds. The van der Waals surface area contributed by atoms with Gasteiger partial charge in [-0.1, -0.05) is 29.8 Å². The zero-order chi connectivity index (χ0) is 18.4. The lowest BCUT2D eigenvalue weighted by Gasteiger charge is -2.26. The Bertz CT molecular complexity index is 772. The van der Waals surface area contributed by atoms with Crippen molar-refractivity contribution in [1.82, 2.24) is 4.31 Å². The highest BCUT2D eigenvalue weighted by Crippen LogP contribution is 2.20. The number of hydrogen-bond acceptors (Lipinski definition) is 4. The average Bonchev–Trinajstić information content (AvgIpc) is 2.60. The molecular formula is C18H22FNO4S. The van der Waals surface area contributed by atoms with E-state index in [4.69, 9.17) is 9.47 Å². The molecule has 0 aromatic heterocycles. The number of benzene rings is 2. The summed E-state index contributed by atoms with van der Waals surface area (Å²) >= 11 is 0. The van der Waals surface area contributed by atoms with Crippen molar-refractivity contribution in [2.75, 3.05) is 20.8 Å². The molecule has 2 rings (SSSR count). The molecule has 0 atom stereocenters. The molecule has 0 aliphatic heterocycles. The van der Waals surface area contributed by atoms with E-state index in [-0.39, 0.29) is 23.8 Å². The van der Waals surface area contributed by atoms with Gasteiger partial charge < -0.3 is 9.47 Å². The molecule has 0 unspecified atom stereocenters. The molecule has 0 aliphatic rings. The number of nitrogens with zero attached hydrogens (tertiary/aromatic N) is 1. The number of hydrogen-bond donors (Lipinski definition) is 0. The third-order valence-corrected chi connectivity index (χ3v) is 5.64. The van der Waals surface area contributed by atoms with Crippen molar-refractivity contribution in [2.24, 2.45) is 0 Å². The van der Waals surface area contributed by atoms with Gasteiger partial charge in [0, 0.05) is 20.8 Å². The van der Waals surface area contributed by atoms with Crippen LogP contribution in [0.25, 0.3) is 0 Å². The molecular weight excluding hydrogens is 345 g/mol. The van der Waals surface area contributed by atoms with E-state index >= 15 is 0 Å². The van der Waals surface area contributed by atoms with E-state index in [2.05, 4.69) is 0 Å². The second-order valence-corrected chi connectivity index (χ2v) is 7.58. The Hall–Kier alpha value is -1.80. The van der Waals surface area contributed by atoms with Crippen LogP contribution in [0.2, 0.25) is 0 Å². The lowest BCUT2D eigenvalue weighted by atomic mass is 10.2. The van der Waals surface area contributed by atoms with Gasteiger partial charge >= 0.3 is 0 Å². The molecule has 0 saturated carbocycles. The molecule has 0 spiro atoms. The smallest absolute Gasteiger partial charge is 0.243 e. The lowest BCUT2D eigenvalue weighted by Crippen LogP contribution is -2.38. The predicted molar refractivity (Wildman–Crippen MR) is 93.0 cm³/mol. The van der Waals surface area contributed by atoms with Crippen LogP contribution >= 0.6 is 0 Å². The van der Waals surface area contributed by atoms with Crippen LogP contribution in [0.5, 0.6) is 0 Å². The van der Waals surface area contributed by atoms with Crippen LogP contribution in [-0.4, -0.2) is 39.8 Å². The number of methoxy groups -OCH3 is 2. The Balaban J connectivity index is 2.35. The molecule has 0 saturated heterocycles. The Labute approximate surface area is 148 Å². The van der Waals surface area contributed by atoms with E-state index in [0.29, 0.717) is 5.56 Å². The van der Waals surface area contributed by atoms with Crippen LogP contribution in [0.15, 0.2) is 53.4 Å². The second-order valence-electron chi connectivity index (χ2n) is 5.64. The SMILES string of the molecule is COC(CN(Cc1ccc(F)cc1)S(=O)(=O)c1ccc(C)cc1)OC.